The van der Waals surface area contributed by atoms with Crippen LogP contribution in [0, 0.1) is 0 Å². The van der Waals surface area contributed by atoms with Crippen molar-refractivity contribution in [3.8, 4) is 5.75 Å². The van der Waals surface area contributed by atoms with Crippen molar-refractivity contribution in [2.45, 2.75) is 0 Å². The zero-order valence-corrected chi connectivity index (χ0v) is 12.1. The molecule has 4 aromatic rings. The van der Waals surface area contributed by atoms with E-state index in [-0.39, 0.29) is 17.2 Å². The predicted molar refractivity (Wildman–Crippen MR) is 89.8 cm³/mol. The fourth-order valence-electron chi connectivity index (χ4n) is 2.66. The van der Waals surface area contributed by atoms with Gasteiger partial charge in [-0.3, -0.25) is 4.79 Å². The van der Waals surface area contributed by atoms with Gasteiger partial charge in [-0.25, -0.2) is 0 Å². The molecular formula is C19H13NO3. The number of rotatable bonds is 2. The molecule has 4 nitrogen and oxygen atoms in total. The Kier molecular flexibility index (Phi) is 3.01. The number of aromatic hydroxyl groups is 1. The Hall–Kier alpha value is -3.27. The van der Waals surface area contributed by atoms with Gasteiger partial charge in [0.1, 0.15) is 16.9 Å². The van der Waals surface area contributed by atoms with Gasteiger partial charge in [0.2, 0.25) is 0 Å². The van der Waals surface area contributed by atoms with Crippen LogP contribution in [-0.2, 0) is 0 Å². The molecule has 0 unspecified atom stereocenters. The maximum absolute atomic E-state index is 12.4. The van der Waals surface area contributed by atoms with E-state index in [1.165, 1.54) is 0 Å². The van der Waals surface area contributed by atoms with Crippen molar-refractivity contribution in [1.29, 1.82) is 0 Å². The molecule has 0 radical (unpaired) electrons. The van der Waals surface area contributed by atoms with Crippen molar-refractivity contribution >= 4 is 33.5 Å². The number of para-hydroxylation sites is 2. The first-order valence-corrected chi connectivity index (χ1v) is 7.23. The molecule has 0 aliphatic rings. The number of benzene rings is 3. The maximum atomic E-state index is 12.4. The Balaban J connectivity index is 1.79. The van der Waals surface area contributed by atoms with Gasteiger partial charge in [0.05, 0.1) is 5.56 Å². The van der Waals surface area contributed by atoms with E-state index < -0.39 is 0 Å². The third kappa shape index (κ3) is 2.30. The van der Waals surface area contributed by atoms with Crippen LogP contribution in [-0.4, -0.2) is 11.0 Å². The van der Waals surface area contributed by atoms with Gasteiger partial charge in [-0.15, -0.1) is 0 Å². The van der Waals surface area contributed by atoms with Crippen molar-refractivity contribution in [2.75, 3.05) is 5.32 Å². The molecule has 0 atom stereocenters. The molecule has 3 aromatic carbocycles. The van der Waals surface area contributed by atoms with Crippen LogP contribution in [0.25, 0.3) is 21.9 Å². The summed E-state index contributed by atoms with van der Waals surface area (Å²) in [6, 6.07) is 19.8. The van der Waals surface area contributed by atoms with E-state index in [2.05, 4.69) is 5.32 Å². The molecule has 0 saturated carbocycles. The third-order valence-electron chi connectivity index (χ3n) is 3.77. The lowest BCUT2D eigenvalue weighted by atomic mass is 10.1. The number of phenolic OH excluding ortho intramolecular Hbond substituents is 1. The van der Waals surface area contributed by atoms with Crippen LogP contribution in [0.3, 0.4) is 0 Å². The number of hydrogen-bond acceptors (Lipinski definition) is 3. The minimum atomic E-state index is -0.379. The Morgan fingerprint density at radius 1 is 0.870 bits per heavy atom. The second kappa shape index (κ2) is 5.18. The first kappa shape index (κ1) is 13.4. The van der Waals surface area contributed by atoms with Gasteiger partial charge < -0.3 is 14.8 Å². The van der Waals surface area contributed by atoms with Crippen molar-refractivity contribution < 1.29 is 14.3 Å². The first-order chi connectivity index (χ1) is 11.2. The van der Waals surface area contributed by atoms with Crippen LogP contribution in [0.4, 0.5) is 5.69 Å². The van der Waals surface area contributed by atoms with Crippen LogP contribution >= 0.6 is 0 Å². The van der Waals surface area contributed by atoms with E-state index in [0.29, 0.717) is 11.3 Å². The highest BCUT2D eigenvalue weighted by Crippen LogP contribution is 2.33. The third-order valence-corrected chi connectivity index (χ3v) is 3.77. The van der Waals surface area contributed by atoms with E-state index in [0.717, 1.165) is 16.4 Å². The Morgan fingerprint density at radius 3 is 2.43 bits per heavy atom. The fourth-order valence-corrected chi connectivity index (χ4v) is 2.66. The minimum Gasteiger partial charge on any atom is -0.507 e. The average Bonchev–Trinajstić information content (AvgIpc) is 2.92. The van der Waals surface area contributed by atoms with Gasteiger partial charge in [-0.05, 0) is 30.3 Å². The van der Waals surface area contributed by atoms with E-state index >= 15 is 0 Å². The molecule has 23 heavy (non-hydrogen) atoms. The van der Waals surface area contributed by atoms with E-state index in [9.17, 15) is 9.90 Å². The molecule has 0 aliphatic heterocycles. The smallest absolute Gasteiger partial charge is 0.259 e. The summed E-state index contributed by atoms with van der Waals surface area (Å²) in [6.07, 6.45) is 0. The molecule has 1 amide bonds. The molecule has 4 rings (SSSR count). The first-order valence-electron chi connectivity index (χ1n) is 7.23. The monoisotopic (exact) mass is 303 g/mol. The van der Waals surface area contributed by atoms with E-state index in [1.807, 2.05) is 42.5 Å². The quantitative estimate of drug-likeness (QED) is 0.571. The molecule has 112 valence electrons. The second-order valence-corrected chi connectivity index (χ2v) is 5.28. The molecule has 0 spiro atoms. The molecule has 0 aliphatic carbocycles. The second-order valence-electron chi connectivity index (χ2n) is 5.28. The summed E-state index contributed by atoms with van der Waals surface area (Å²) in [7, 11) is 0. The number of anilines is 1. The zero-order valence-electron chi connectivity index (χ0n) is 12.1. The van der Waals surface area contributed by atoms with Gasteiger partial charge in [0.15, 0.2) is 0 Å². The zero-order chi connectivity index (χ0) is 15.8. The maximum Gasteiger partial charge on any atom is 0.259 e. The number of hydrogen-bond donors (Lipinski definition) is 2. The van der Waals surface area contributed by atoms with Gasteiger partial charge in [0, 0.05) is 16.5 Å². The highest BCUT2D eigenvalue weighted by atomic mass is 16.3. The summed E-state index contributed by atoms with van der Waals surface area (Å²) in [5, 5.41) is 14.7. The number of carbonyl (C=O) groups is 1. The van der Waals surface area contributed by atoms with Crippen LogP contribution < -0.4 is 5.32 Å². The molecule has 0 bridgehead atoms. The summed E-state index contributed by atoms with van der Waals surface area (Å²) in [6.45, 7) is 0. The highest BCUT2D eigenvalue weighted by Gasteiger charge is 2.16. The van der Waals surface area contributed by atoms with E-state index in [1.54, 1.807) is 24.3 Å². The van der Waals surface area contributed by atoms with Crippen molar-refractivity contribution in [1.82, 2.24) is 0 Å². The number of furan rings is 1. The average molecular weight is 303 g/mol. The molecule has 2 N–H and O–H groups in total. The highest BCUT2D eigenvalue weighted by molar-refractivity contribution is 6.12. The molecule has 1 aromatic heterocycles. The van der Waals surface area contributed by atoms with Crippen molar-refractivity contribution in [3.63, 3.8) is 0 Å². The normalized spacial score (nSPS) is 11.0. The van der Waals surface area contributed by atoms with Crippen LogP contribution in [0.5, 0.6) is 5.75 Å². The van der Waals surface area contributed by atoms with Gasteiger partial charge >= 0.3 is 0 Å². The minimum absolute atomic E-state index is 0.0718. The summed E-state index contributed by atoms with van der Waals surface area (Å²) in [5.41, 5.74) is 2.15. The SMILES string of the molecule is O=C(Nc1ccccc1)c1cc2oc3ccccc3c2cc1O. The number of carbonyl (C=O) groups excluding carboxylic acids is 1. The lowest BCUT2D eigenvalue weighted by Gasteiger charge is -2.06. The predicted octanol–water partition coefficient (Wildman–Crippen LogP) is 4.54. The molecule has 1 heterocycles. The Labute approximate surface area is 132 Å². The molecule has 0 fully saturated rings. The Bertz CT molecular complexity index is 1020. The van der Waals surface area contributed by atoms with Crippen LogP contribution in [0.1, 0.15) is 10.4 Å². The topological polar surface area (TPSA) is 62.5 Å². The number of fused-ring (bicyclic) bond motifs is 3. The number of nitrogens with one attached hydrogen (secondary N) is 1. The number of phenols is 1. The van der Waals surface area contributed by atoms with Gasteiger partial charge in [0.25, 0.3) is 5.91 Å². The largest absolute Gasteiger partial charge is 0.507 e. The lowest BCUT2D eigenvalue weighted by Crippen LogP contribution is -2.11. The summed E-state index contributed by atoms with van der Waals surface area (Å²) in [5.74, 6) is -0.450. The molecular weight excluding hydrogens is 290 g/mol. The van der Waals surface area contributed by atoms with Crippen LogP contribution in [0.2, 0.25) is 0 Å². The molecule has 4 heteroatoms. The summed E-state index contributed by atoms with van der Waals surface area (Å²) in [4.78, 5) is 12.4. The lowest BCUT2D eigenvalue weighted by molar-refractivity contribution is 0.102. The van der Waals surface area contributed by atoms with E-state index in [4.69, 9.17) is 4.42 Å². The summed E-state index contributed by atoms with van der Waals surface area (Å²) >= 11 is 0. The van der Waals surface area contributed by atoms with Crippen LogP contribution in [0.15, 0.2) is 71.1 Å². The van der Waals surface area contributed by atoms with Gasteiger partial charge in [-0.1, -0.05) is 36.4 Å². The standard InChI is InChI=1S/C19H13NO3/c21-16-10-14-13-8-4-5-9-17(13)23-18(14)11-15(16)19(22)20-12-6-2-1-3-7-12/h1-11,21H,(H,20,22). The number of amides is 1. The Morgan fingerprint density at radius 2 is 1.61 bits per heavy atom. The fraction of sp³-hybridized carbons (Fsp3) is 0. The van der Waals surface area contributed by atoms with Gasteiger partial charge in [-0.2, -0.15) is 0 Å². The summed E-state index contributed by atoms with van der Waals surface area (Å²) < 4.78 is 5.76. The van der Waals surface area contributed by atoms with Crippen molar-refractivity contribution in [2.24, 2.45) is 0 Å². The van der Waals surface area contributed by atoms with Crippen molar-refractivity contribution in [3.05, 3.63) is 72.3 Å². The molecule has 0 saturated heterocycles.